The molecule has 0 saturated heterocycles. The lowest BCUT2D eigenvalue weighted by atomic mass is 10.2. The number of hydrogen-bond acceptors (Lipinski definition) is 6. The van der Waals surface area contributed by atoms with E-state index in [4.69, 9.17) is 5.14 Å². The van der Waals surface area contributed by atoms with Crippen LogP contribution < -0.4 is 10.0 Å². The van der Waals surface area contributed by atoms with E-state index in [2.05, 4.69) is 5.10 Å². The Bertz CT molecular complexity index is 831. The van der Waals surface area contributed by atoms with Crippen LogP contribution in [0.5, 0.6) is 0 Å². The van der Waals surface area contributed by atoms with Gasteiger partial charge in [-0.2, -0.15) is 5.10 Å². The second-order valence-corrected chi connectivity index (χ2v) is 6.55. The third kappa shape index (κ3) is 3.85. The Hall–Kier alpha value is -2.46. The third-order valence-electron chi connectivity index (χ3n) is 3.33. The molecule has 2 N–H and O–H groups in total. The normalized spacial score (nSPS) is 11.4. The van der Waals surface area contributed by atoms with Gasteiger partial charge in [0.15, 0.2) is 0 Å². The lowest BCUT2D eigenvalue weighted by molar-refractivity contribution is -0.384. The van der Waals surface area contributed by atoms with E-state index in [-0.39, 0.29) is 10.6 Å². The molecule has 0 radical (unpaired) electrons. The smallest absolute Gasteiger partial charge is 0.293 e. The molecule has 2 aromatic rings. The molecular formula is C13H17N5O4S. The van der Waals surface area contributed by atoms with E-state index in [0.29, 0.717) is 18.8 Å². The van der Waals surface area contributed by atoms with Crippen molar-refractivity contribution in [1.82, 2.24) is 9.78 Å². The van der Waals surface area contributed by atoms with Crippen molar-refractivity contribution in [3.05, 3.63) is 46.3 Å². The zero-order valence-corrected chi connectivity index (χ0v) is 13.5. The van der Waals surface area contributed by atoms with Gasteiger partial charge in [-0.1, -0.05) is 0 Å². The fraction of sp³-hybridized carbons (Fsp3) is 0.308. The minimum Gasteiger partial charge on any atom is -0.362 e. The molecule has 0 spiro atoms. The highest BCUT2D eigenvalue weighted by atomic mass is 32.2. The van der Waals surface area contributed by atoms with Crippen LogP contribution in [0.4, 0.5) is 11.4 Å². The standard InChI is InChI=1S/C13H17N5O4S/c1-3-17(9-10-7-15-16(2)8-10)12-5-4-11(23(14,21)22)6-13(12)18(19)20/h4-8H,3,9H2,1-2H3,(H2,14,21,22). The molecule has 1 aromatic heterocycles. The Morgan fingerprint density at radius 3 is 2.61 bits per heavy atom. The van der Waals surface area contributed by atoms with Crippen LogP contribution in [-0.2, 0) is 23.6 Å². The summed E-state index contributed by atoms with van der Waals surface area (Å²) in [5, 5.41) is 20.4. The van der Waals surface area contributed by atoms with Crippen molar-refractivity contribution in [3.63, 3.8) is 0 Å². The predicted octanol–water partition coefficient (Wildman–Crippen LogP) is 1.00. The molecule has 0 fully saturated rings. The van der Waals surface area contributed by atoms with Gasteiger partial charge in [0.2, 0.25) is 10.0 Å². The first-order valence-corrected chi connectivity index (χ1v) is 8.30. The molecule has 9 nitrogen and oxygen atoms in total. The van der Waals surface area contributed by atoms with Crippen molar-refractivity contribution < 1.29 is 13.3 Å². The van der Waals surface area contributed by atoms with E-state index in [1.165, 1.54) is 12.1 Å². The summed E-state index contributed by atoms with van der Waals surface area (Å²) in [4.78, 5) is 12.2. The Morgan fingerprint density at radius 2 is 2.13 bits per heavy atom. The van der Waals surface area contributed by atoms with E-state index < -0.39 is 14.9 Å². The van der Waals surface area contributed by atoms with Crippen molar-refractivity contribution in [2.45, 2.75) is 18.4 Å². The van der Waals surface area contributed by atoms with Gasteiger partial charge < -0.3 is 4.90 Å². The minimum absolute atomic E-state index is 0.287. The molecule has 1 heterocycles. The summed E-state index contributed by atoms with van der Waals surface area (Å²) >= 11 is 0. The number of nitrogens with zero attached hydrogens (tertiary/aromatic N) is 4. The monoisotopic (exact) mass is 339 g/mol. The number of primary sulfonamides is 1. The Labute approximate surface area is 133 Å². The molecule has 10 heteroatoms. The number of rotatable bonds is 6. The summed E-state index contributed by atoms with van der Waals surface area (Å²) in [7, 11) is -2.22. The molecule has 0 amide bonds. The Morgan fingerprint density at radius 1 is 1.43 bits per heavy atom. The van der Waals surface area contributed by atoms with Gasteiger partial charge in [0.25, 0.3) is 5.69 Å². The van der Waals surface area contributed by atoms with Gasteiger partial charge in [0.1, 0.15) is 5.69 Å². The maximum Gasteiger partial charge on any atom is 0.293 e. The van der Waals surface area contributed by atoms with Crippen molar-refractivity contribution in [2.24, 2.45) is 12.2 Å². The van der Waals surface area contributed by atoms with Crippen LogP contribution in [0.25, 0.3) is 0 Å². The van der Waals surface area contributed by atoms with Gasteiger partial charge in [0, 0.05) is 38.0 Å². The molecule has 0 unspecified atom stereocenters. The molecule has 124 valence electrons. The summed E-state index contributed by atoms with van der Waals surface area (Å²) in [5.41, 5.74) is 0.912. The van der Waals surface area contributed by atoms with Gasteiger partial charge in [-0.05, 0) is 19.1 Å². The highest BCUT2D eigenvalue weighted by Crippen LogP contribution is 2.31. The highest BCUT2D eigenvalue weighted by Gasteiger charge is 2.22. The van der Waals surface area contributed by atoms with Crippen LogP contribution in [0.2, 0.25) is 0 Å². The first kappa shape index (κ1) is 16.9. The maximum atomic E-state index is 11.4. The topological polar surface area (TPSA) is 124 Å². The summed E-state index contributed by atoms with van der Waals surface area (Å²) in [6.07, 6.45) is 3.49. The number of hydrogen-bond donors (Lipinski definition) is 1. The number of aryl methyl sites for hydroxylation is 1. The van der Waals surface area contributed by atoms with Crippen LogP contribution in [0.1, 0.15) is 12.5 Å². The molecule has 0 aliphatic carbocycles. The first-order chi connectivity index (χ1) is 10.7. The van der Waals surface area contributed by atoms with Gasteiger partial charge in [0.05, 0.1) is 16.0 Å². The van der Waals surface area contributed by atoms with Crippen LogP contribution in [-0.4, -0.2) is 29.7 Å². The second kappa shape index (κ2) is 6.34. The highest BCUT2D eigenvalue weighted by molar-refractivity contribution is 7.89. The summed E-state index contributed by atoms with van der Waals surface area (Å²) in [6, 6.07) is 3.65. The number of nitrogens with two attached hydrogens (primary N) is 1. The van der Waals surface area contributed by atoms with Gasteiger partial charge in [-0.3, -0.25) is 14.8 Å². The van der Waals surface area contributed by atoms with Crippen molar-refractivity contribution in [3.8, 4) is 0 Å². The number of nitro benzene ring substituents is 1. The lowest BCUT2D eigenvalue weighted by Crippen LogP contribution is -2.23. The fourth-order valence-electron chi connectivity index (χ4n) is 2.24. The van der Waals surface area contributed by atoms with E-state index in [1.54, 1.807) is 22.8 Å². The van der Waals surface area contributed by atoms with Gasteiger partial charge in [-0.25, -0.2) is 13.6 Å². The maximum absolute atomic E-state index is 11.4. The first-order valence-electron chi connectivity index (χ1n) is 6.76. The predicted molar refractivity (Wildman–Crippen MR) is 84.4 cm³/mol. The number of benzene rings is 1. The van der Waals surface area contributed by atoms with Crippen LogP contribution in [0.3, 0.4) is 0 Å². The second-order valence-electron chi connectivity index (χ2n) is 4.99. The van der Waals surface area contributed by atoms with E-state index in [9.17, 15) is 18.5 Å². The molecule has 0 aliphatic rings. The quantitative estimate of drug-likeness (QED) is 0.618. The van der Waals surface area contributed by atoms with Crippen molar-refractivity contribution in [2.75, 3.05) is 11.4 Å². The number of sulfonamides is 1. The Balaban J connectivity index is 2.45. The zero-order chi connectivity index (χ0) is 17.2. The van der Waals surface area contributed by atoms with Crippen molar-refractivity contribution >= 4 is 21.4 Å². The largest absolute Gasteiger partial charge is 0.362 e. The summed E-state index contributed by atoms with van der Waals surface area (Å²) in [6.45, 7) is 2.78. The molecule has 0 atom stereocenters. The average Bonchev–Trinajstić information content (AvgIpc) is 2.88. The third-order valence-corrected chi connectivity index (χ3v) is 4.24. The molecule has 0 bridgehead atoms. The fourth-order valence-corrected chi connectivity index (χ4v) is 2.77. The van der Waals surface area contributed by atoms with Crippen LogP contribution >= 0.6 is 0 Å². The van der Waals surface area contributed by atoms with Crippen LogP contribution in [0, 0.1) is 10.1 Å². The summed E-state index contributed by atoms with van der Waals surface area (Å²) < 4.78 is 24.4. The molecule has 2 rings (SSSR count). The van der Waals surface area contributed by atoms with Gasteiger partial charge in [-0.15, -0.1) is 0 Å². The van der Waals surface area contributed by atoms with Crippen LogP contribution in [0.15, 0.2) is 35.5 Å². The minimum atomic E-state index is -4.00. The SMILES string of the molecule is CCN(Cc1cnn(C)c1)c1ccc(S(N)(=O)=O)cc1[N+](=O)[O-]. The Kier molecular flexibility index (Phi) is 4.66. The number of anilines is 1. The lowest BCUT2D eigenvalue weighted by Gasteiger charge is -2.22. The number of nitro groups is 1. The van der Waals surface area contributed by atoms with Gasteiger partial charge >= 0.3 is 0 Å². The number of aromatic nitrogens is 2. The van der Waals surface area contributed by atoms with Crippen molar-refractivity contribution in [1.29, 1.82) is 0 Å². The van der Waals surface area contributed by atoms with E-state index in [0.717, 1.165) is 11.6 Å². The van der Waals surface area contributed by atoms with E-state index in [1.807, 2.05) is 13.1 Å². The summed E-state index contributed by atoms with van der Waals surface area (Å²) in [5.74, 6) is 0. The molecule has 0 aliphatic heterocycles. The molecule has 23 heavy (non-hydrogen) atoms. The molecule has 0 saturated carbocycles. The molecular weight excluding hydrogens is 322 g/mol. The van der Waals surface area contributed by atoms with E-state index >= 15 is 0 Å². The average molecular weight is 339 g/mol. The molecule has 1 aromatic carbocycles. The zero-order valence-electron chi connectivity index (χ0n) is 12.7.